The van der Waals surface area contributed by atoms with Crippen molar-refractivity contribution >= 4 is 46.4 Å². The Bertz CT molecular complexity index is 662. The molecule has 7 heteroatoms. The van der Waals surface area contributed by atoms with Crippen molar-refractivity contribution in [2.24, 2.45) is 11.8 Å². The summed E-state index contributed by atoms with van der Waals surface area (Å²) in [7, 11) is 0. The molecule has 1 heterocycles. The van der Waals surface area contributed by atoms with Crippen LogP contribution in [-0.4, -0.2) is 41.1 Å². The van der Waals surface area contributed by atoms with E-state index in [-0.39, 0.29) is 30.5 Å². The predicted octanol–water partition coefficient (Wildman–Crippen LogP) is 5.24. The van der Waals surface area contributed by atoms with Crippen LogP contribution in [0.25, 0.3) is 0 Å². The molecule has 3 rings (SSSR count). The second-order valence-electron chi connectivity index (χ2n) is 7.98. The smallest absolute Gasteiger partial charge is 0.238 e. The van der Waals surface area contributed by atoms with Crippen LogP contribution in [0.4, 0.5) is 5.69 Å². The van der Waals surface area contributed by atoms with Crippen molar-refractivity contribution in [1.29, 1.82) is 0 Å². The van der Waals surface area contributed by atoms with Crippen LogP contribution in [-0.2, 0) is 4.79 Å². The third-order valence-corrected chi connectivity index (χ3v) is 6.71. The maximum Gasteiger partial charge on any atom is 0.238 e. The van der Waals surface area contributed by atoms with E-state index >= 15 is 0 Å². The largest absolute Gasteiger partial charge is 0.393 e. The molecule has 0 bridgehead atoms. The average Bonchev–Trinajstić information content (AvgIpc) is 2.61. The van der Waals surface area contributed by atoms with Crippen LogP contribution < -0.4 is 5.32 Å². The third kappa shape index (κ3) is 5.30. The van der Waals surface area contributed by atoms with Crippen LogP contribution in [0.1, 0.15) is 45.4 Å². The fourth-order valence-corrected chi connectivity index (χ4v) is 5.46. The van der Waals surface area contributed by atoms with Gasteiger partial charge in [0, 0.05) is 17.0 Å². The van der Waals surface area contributed by atoms with Crippen molar-refractivity contribution in [3.05, 3.63) is 27.2 Å². The minimum Gasteiger partial charge on any atom is -0.393 e. The Kier molecular flexibility index (Phi) is 7.32. The molecular formula is C20H27Cl3N2O2. The van der Waals surface area contributed by atoms with Crippen molar-refractivity contribution in [2.45, 2.75) is 57.6 Å². The van der Waals surface area contributed by atoms with Crippen LogP contribution in [0.3, 0.4) is 0 Å². The van der Waals surface area contributed by atoms with Gasteiger partial charge in [0.2, 0.25) is 5.91 Å². The highest BCUT2D eigenvalue weighted by molar-refractivity contribution is 6.42. The lowest BCUT2D eigenvalue weighted by Gasteiger charge is -2.44. The summed E-state index contributed by atoms with van der Waals surface area (Å²) < 4.78 is 0. The van der Waals surface area contributed by atoms with Crippen LogP contribution in [0.5, 0.6) is 0 Å². The molecule has 0 radical (unpaired) electrons. The SMILES string of the molecule is C[C@@H]1CC[C@H](O)[C@@H]([C@@H]2CCCCN2CC(=O)Nc2c(Cl)cc(Cl)cc2Cl)C1. The second kappa shape index (κ2) is 9.32. The van der Waals surface area contributed by atoms with Gasteiger partial charge in [-0.05, 0) is 56.7 Å². The van der Waals surface area contributed by atoms with E-state index in [1.54, 1.807) is 12.1 Å². The Morgan fingerprint density at radius 3 is 2.59 bits per heavy atom. The number of amides is 1. The Hall–Kier alpha value is -0.520. The summed E-state index contributed by atoms with van der Waals surface area (Å²) in [6.45, 7) is 3.40. The normalized spacial score (nSPS) is 29.5. The first-order valence-electron chi connectivity index (χ1n) is 9.71. The standard InChI is InChI=1S/C20H27Cl3N2O2/c1-12-5-6-18(26)14(8-12)17-4-2-3-7-25(17)11-19(27)24-20-15(22)9-13(21)10-16(20)23/h9-10,12,14,17-18,26H,2-8,11H2,1H3,(H,24,27)/t12-,14-,17+,18+/m1/s1. The zero-order valence-electron chi connectivity index (χ0n) is 15.6. The molecule has 2 aliphatic rings. The summed E-state index contributed by atoms with van der Waals surface area (Å²) in [6.07, 6.45) is 5.95. The quantitative estimate of drug-likeness (QED) is 0.683. The number of likely N-dealkylation sites (tertiary alicyclic amines) is 1. The van der Waals surface area contributed by atoms with Crippen molar-refractivity contribution < 1.29 is 9.90 Å². The van der Waals surface area contributed by atoms with E-state index in [1.165, 1.54) is 0 Å². The highest BCUT2D eigenvalue weighted by Gasteiger charge is 2.38. The summed E-state index contributed by atoms with van der Waals surface area (Å²) in [5.41, 5.74) is 0.396. The second-order valence-corrected chi connectivity index (χ2v) is 9.23. The first-order valence-corrected chi connectivity index (χ1v) is 10.8. The molecule has 1 aliphatic carbocycles. The highest BCUT2D eigenvalue weighted by Crippen LogP contribution is 2.37. The predicted molar refractivity (Wildman–Crippen MR) is 112 cm³/mol. The number of nitrogens with one attached hydrogen (secondary N) is 1. The molecule has 27 heavy (non-hydrogen) atoms. The van der Waals surface area contributed by atoms with Crippen molar-refractivity contribution in [3.8, 4) is 0 Å². The summed E-state index contributed by atoms with van der Waals surface area (Å²) in [5.74, 6) is 0.721. The number of hydrogen-bond donors (Lipinski definition) is 2. The van der Waals surface area contributed by atoms with Gasteiger partial charge in [-0.1, -0.05) is 48.1 Å². The molecule has 0 aromatic heterocycles. The van der Waals surface area contributed by atoms with Crippen molar-refractivity contribution in [1.82, 2.24) is 4.90 Å². The van der Waals surface area contributed by atoms with Gasteiger partial charge in [0.1, 0.15) is 0 Å². The summed E-state index contributed by atoms with van der Waals surface area (Å²) in [6, 6.07) is 3.38. The Morgan fingerprint density at radius 1 is 1.19 bits per heavy atom. The van der Waals surface area contributed by atoms with Crippen LogP contribution in [0.2, 0.25) is 15.1 Å². The molecule has 1 aromatic rings. The summed E-state index contributed by atoms with van der Waals surface area (Å²) in [5, 5.41) is 14.5. The molecule has 2 N–H and O–H groups in total. The number of piperidine rings is 1. The number of carbonyl (C=O) groups is 1. The molecule has 1 saturated heterocycles. The number of halogens is 3. The number of aliphatic hydroxyl groups excluding tert-OH is 1. The van der Waals surface area contributed by atoms with E-state index in [1.807, 2.05) is 0 Å². The van der Waals surface area contributed by atoms with Crippen LogP contribution >= 0.6 is 34.8 Å². The highest BCUT2D eigenvalue weighted by atomic mass is 35.5. The summed E-state index contributed by atoms with van der Waals surface area (Å²) in [4.78, 5) is 14.9. The lowest BCUT2D eigenvalue weighted by atomic mass is 9.74. The van der Waals surface area contributed by atoms with Gasteiger partial charge in [-0.2, -0.15) is 0 Å². The van der Waals surface area contributed by atoms with Gasteiger partial charge >= 0.3 is 0 Å². The molecule has 1 saturated carbocycles. The third-order valence-electron chi connectivity index (χ3n) is 5.90. The Morgan fingerprint density at radius 2 is 1.89 bits per heavy atom. The Labute approximate surface area is 176 Å². The molecule has 1 amide bonds. The van der Waals surface area contributed by atoms with E-state index in [9.17, 15) is 9.90 Å². The number of benzene rings is 1. The van der Waals surface area contributed by atoms with Crippen molar-refractivity contribution in [3.63, 3.8) is 0 Å². The van der Waals surface area contributed by atoms with E-state index < -0.39 is 0 Å². The summed E-state index contributed by atoms with van der Waals surface area (Å²) >= 11 is 18.3. The number of nitrogens with zero attached hydrogens (tertiary/aromatic N) is 1. The first-order chi connectivity index (χ1) is 12.8. The molecule has 4 atom stereocenters. The molecule has 4 nitrogen and oxygen atoms in total. The fraction of sp³-hybridized carbons (Fsp3) is 0.650. The maximum absolute atomic E-state index is 12.7. The number of carbonyl (C=O) groups excluding carboxylic acids is 1. The fourth-order valence-electron chi connectivity index (χ4n) is 4.55. The van der Waals surface area contributed by atoms with Gasteiger partial charge in [0.15, 0.2) is 0 Å². The zero-order valence-corrected chi connectivity index (χ0v) is 17.8. The van der Waals surface area contributed by atoms with E-state index in [0.717, 1.165) is 45.1 Å². The molecule has 2 fully saturated rings. The van der Waals surface area contributed by atoms with E-state index in [4.69, 9.17) is 34.8 Å². The minimum absolute atomic E-state index is 0.147. The topological polar surface area (TPSA) is 52.6 Å². The number of hydrogen-bond acceptors (Lipinski definition) is 3. The maximum atomic E-state index is 12.7. The monoisotopic (exact) mass is 432 g/mol. The minimum atomic E-state index is -0.269. The lowest BCUT2D eigenvalue weighted by Crippen LogP contribution is -2.51. The van der Waals surface area contributed by atoms with Crippen LogP contribution in [0.15, 0.2) is 12.1 Å². The first kappa shape index (κ1) is 21.2. The van der Waals surface area contributed by atoms with Gasteiger partial charge < -0.3 is 10.4 Å². The van der Waals surface area contributed by atoms with Gasteiger partial charge in [-0.15, -0.1) is 0 Å². The van der Waals surface area contributed by atoms with Crippen LogP contribution in [0, 0.1) is 11.8 Å². The van der Waals surface area contributed by atoms with Gasteiger partial charge in [-0.25, -0.2) is 0 Å². The molecule has 1 aliphatic heterocycles. The van der Waals surface area contributed by atoms with Gasteiger partial charge in [0.05, 0.1) is 28.4 Å². The van der Waals surface area contributed by atoms with Gasteiger partial charge in [0.25, 0.3) is 0 Å². The molecule has 1 aromatic carbocycles. The zero-order chi connectivity index (χ0) is 19.6. The Balaban J connectivity index is 1.68. The number of anilines is 1. The lowest BCUT2D eigenvalue weighted by molar-refractivity contribution is -0.119. The molecule has 0 unspecified atom stereocenters. The average molecular weight is 434 g/mol. The van der Waals surface area contributed by atoms with E-state index in [0.29, 0.717) is 26.7 Å². The molecular weight excluding hydrogens is 407 g/mol. The van der Waals surface area contributed by atoms with Crippen molar-refractivity contribution in [2.75, 3.05) is 18.4 Å². The number of aliphatic hydroxyl groups is 1. The number of rotatable bonds is 4. The van der Waals surface area contributed by atoms with E-state index in [2.05, 4.69) is 17.1 Å². The van der Waals surface area contributed by atoms with Gasteiger partial charge in [-0.3, -0.25) is 9.69 Å². The molecule has 0 spiro atoms. The molecule has 150 valence electrons.